The molecule has 110 valence electrons. The van der Waals surface area contributed by atoms with Crippen LogP contribution in [0.3, 0.4) is 0 Å². The van der Waals surface area contributed by atoms with Crippen molar-refractivity contribution in [3.8, 4) is 0 Å². The van der Waals surface area contributed by atoms with Crippen molar-refractivity contribution in [3.63, 3.8) is 0 Å². The molecule has 0 aliphatic carbocycles. The first-order chi connectivity index (χ1) is 9.16. The van der Waals surface area contributed by atoms with Gasteiger partial charge in [0.2, 0.25) is 0 Å². The number of amides is 1. The van der Waals surface area contributed by atoms with Gasteiger partial charge in [0.1, 0.15) is 6.61 Å². The van der Waals surface area contributed by atoms with Crippen LogP contribution in [0.15, 0.2) is 0 Å². The van der Waals surface area contributed by atoms with Gasteiger partial charge in [-0.3, -0.25) is 0 Å². The molecule has 0 aromatic heterocycles. The second-order valence-corrected chi connectivity index (χ2v) is 6.31. The second-order valence-electron chi connectivity index (χ2n) is 6.31. The van der Waals surface area contributed by atoms with Crippen molar-refractivity contribution in [2.24, 2.45) is 5.92 Å². The van der Waals surface area contributed by atoms with E-state index in [9.17, 15) is 4.79 Å². The Morgan fingerprint density at radius 2 is 1.95 bits per heavy atom. The van der Waals surface area contributed by atoms with Gasteiger partial charge in [0, 0.05) is 6.54 Å². The van der Waals surface area contributed by atoms with Crippen LogP contribution in [0.4, 0.5) is 4.79 Å². The van der Waals surface area contributed by atoms with E-state index in [1.54, 1.807) is 0 Å². The van der Waals surface area contributed by atoms with E-state index in [1.165, 1.54) is 32.4 Å². The highest BCUT2D eigenvalue weighted by Gasteiger charge is 2.32. The zero-order valence-corrected chi connectivity index (χ0v) is 12.4. The molecule has 2 aliphatic heterocycles. The lowest BCUT2D eigenvalue weighted by Crippen LogP contribution is -2.38. The number of likely N-dealkylation sites (tertiary alicyclic amines) is 1. The Bertz CT molecular complexity index is 288. The van der Waals surface area contributed by atoms with Crippen molar-refractivity contribution in [3.05, 3.63) is 0 Å². The molecule has 0 aromatic rings. The molecule has 0 spiro atoms. The van der Waals surface area contributed by atoms with Crippen molar-refractivity contribution in [2.45, 2.75) is 52.0 Å². The van der Waals surface area contributed by atoms with E-state index >= 15 is 0 Å². The van der Waals surface area contributed by atoms with Gasteiger partial charge in [-0.05, 0) is 51.2 Å². The SMILES string of the molecule is CC(C)CC1COC(=O)N1CCCN1CCCCC1. The normalized spacial score (nSPS) is 25.1. The molecule has 0 aromatic carbocycles. The minimum Gasteiger partial charge on any atom is -0.447 e. The van der Waals surface area contributed by atoms with Gasteiger partial charge >= 0.3 is 6.09 Å². The highest BCUT2D eigenvalue weighted by molar-refractivity contribution is 5.70. The molecule has 2 heterocycles. The van der Waals surface area contributed by atoms with Crippen LogP contribution >= 0.6 is 0 Å². The Hall–Kier alpha value is -0.770. The molecular weight excluding hydrogens is 240 g/mol. The summed E-state index contributed by atoms with van der Waals surface area (Å²) < 4.78 is 5.19. The maximum Gasteiger partial charge on any atom is 0.410 e. The molecule has 4 heteroatoms. The van der Waals surface area contributed by atoms with Crippen LogP contribution in [0.5, 0.6) is 0 Å². The minimum absolute atomic E-state index is 0.107. The zero-order chi connectivity index (χ0) is 13.7. The third-order valence-electron chi connectivity index (χ3n) is 4.14. The fraction of sp³-hybridized carbons (Fsp3) is 0.933. The Balaban J connectivity index is 1.71. The Morgan fingerprint density at radius 3 is 2.63 bits per heavy atom. The molecule has 2 rings (SSSR count). The largest absolute Gasteiger partial charge is 0.447 e. The summed E-state index contributed by atoms with van der Waals surface area (Å²) in [7, 11) is 0. The number of carbonyl (C=O) groups excluding carboxylic acids is 1. The first-order valence-corrected chi connectivity index (χ1v) is 7.82. The van der Waals surface area contributed by atoms with Gasteiger partial charge in [-0.2, -0.15) is 0 Å². The lowest BCUT2D eigenvalue weighted by molar-refractivity contribution is 0.153. The number of ether oxygens (including phenoxy) is 1. The van der Waals surface area contributed by atoms with E-state index < -0.39 is 0 Å². The van der Waals surface area contributed by atoms with E-state index in [0.29, 0.717) is 18.6 Å². The van der Waals surface area contributed by atoms with Gasteiger partial charge in [0.05, 0.1) is 6.04 Å². The van der Waals surface area contributed by atoms with Crippen LogP contribution in [0.25, 0.3) is 0 Å². The molecule has 1 amide bonds. The number of carbonyl (C=O) groups is 1. The number of hydrogen-bond donors (Lipinski definition) is 0. The molecule has 0 saturated carbocycles. The first-order valence-electron chi connectivity index (χ1n) is 7.82. The van der Waals surface area contributed by atoms with Crippen molar-refractivity contribution in [1.82, 2.24) is 9.80 Å². The summed E-state index contributed by atoms with van der Waals surface area (Å²) in [6.45, 7) is 9.44. The Morgan fingerprint density at radius 1 is 1.21 bits per heavy atom. The van der Waals surface area contributed by atoms with Crippen LogP contribution in [0, 0.1) is 5.92 Å². The average molecular weight is 268 g/mol. The van der Waals surface area contributed by atoms with Crippen LogP contribution in [0.1, 0.15) is 46.0 Å². The van der Waals surface area contributed by atoms with Crippen LogP contribution < -0.4 is 0 Å². The van der Waals surface area contributed by atoms with Crippen molar-refractivity contribution >= 4 is 6.09 Å². The van der Waals surface area contributed by atoms with Gasteiger partial charge < -0.3 is 14.5 Å². The summed E-state index contributed by atoms with van der Waals surface area (Å²) in [6.07, 6.45) is 6.07. The van der Waals surface area contributed by atoms with Crippen molar-refractivity contribution in [2.75, 3.05) is 32.8 Å². The molecule has 2 fully saturated rings. The molecule has 19 heavy (non-hydrogen) atoms. The summed E-state index contributed by atoms with van der Waals surface area (Å²) in [4.78, 5) is 16.2. The van der Waals surface area contributed by atoms with E-state index in [-0.39, 0.29) is 6.09 Å². The first kappa shape index (κ1) is 14.6. The highest BCUT2D eigenvalue weighted by Crippen LogP contribution is 2.19. The van der Waals surface area contributed by atoms with Crippen molar-refractivity contribution in [1.29, 1.82) is 0 Å². The Labute approximate surface area is 117 Å². The summed E-state index contributed by atoms with van der Waals surface area (Å²) in [5.41, 5.74) is 0. The standard InChI is InChI=1S/C15H28N2O2/c1-13(2)11-14-12-19-15(18)17(14)10-6-9-16-7-4-3-5-8-16/h13-14H,3-12H2,1-2H3. The van der Waals surface area contributed by atoms with Crippen molar-refractivity contribution < 1.29 is 9.53 Å². The lowest BCUT2D eigenvalue weighted by Gasteiger charge is -2.28. The molecule has 0 N–H and O–H groups in total. The molecule has 4 nitrogen and oxygen atoms in total. The molecule has 1 atom stereocenters. The molecule has 2 aliphatic rings. The predicted octanol–water partition coefficient (Wildman–Crippen LogP) is 2.73. The summed E-state index contributed by atoms with van der Waals surface area (Å²) in [5.74, 6) is 0.615. The van der Waals surface area contributed by atoms with Gasteiger partial charge in [0.25, 0.3) is 0 Å². The van der Waals surface area contributed by atoms with Crippen LogP contribution in [0.2, 0.25) is 0 Å². The third kappa shape index (κ3) is 4.37. The van der Waals surface area contributed by atoms with Gasteiger partial charge in [-0.15, -0.1) is 0 Å². The molecule has 1 unspecified atom stereocenters. The minimum atomic E-state index is -0.107. The van der Waals surface area contributed by atoms with E-state index in [0.717, 1.165) is 25.9 Å². The third-order valence-corrected chi connectivity index (χ3v) is 4.14. The van der Waals surface area contributed by atoms with Gasteiger partial charge in [-0.1, -0.05) is 20.3 Å². The second kappa shape index (κ2) is 7.13. The number of rotatable bonds is 6. The van der Waals surface area contributed by atoms with Crippen LogP contribution in [-0.2, 0) is 4.74 Å². The molecule has 2 saturated heterocycles. The van der Waals surface area contributed by atoms with E-state index in [1.807, 2.05) is 4.90 Å². The number of hydrogen-bond acceptors (Lipinski definition) is 3. The Kier molecular flexibility index (Phi) is 5.49. The topological polar surface area (TPSA) is 32.8 Å². The smallest absolute Gasteiger partial charge is 0.410 e. The monoisotopic (exact) mass is 268 g/mol. The molecule has 0 radical (unpaired) electrons. The average Bonchev–Trinajstić information content (AvgIpc) is 2.72. The number of nitrogens with zero attached hydrogens (tertiary/aromatic N) is 2. The summed E-state index contributed by atoms with van der Waals surface area (Å²) >= 11 is 0. The summed E-state index contributed by atoms with van der Waals surface area (Å²) in [5, 5.41) is 0. The highest BCUT2D eigenvalue weighted by atomic mass is 16.6. The quantitative estimate of drug-likeness (QED) is 0.742. The maximum atomic E-state index is 11.7. The lowest BCUT2D eigenvalue weighted by atomic mass is 10.0. The maximum absolute atomic E-state index is 11.7. The molecular formula is C15H28N2O2. The van der Waals surface area contributed by atoms with E-state index in [4.69, 9.17) is 4.74 Å². The molecule has 0 bridgehead atoms. The fourth-order valence-corrected chi connectivity index (χ4v) is 3.15. The predicted molar refractivity (Wildman–Crippen MR) is 76.2 cm³/mol. The van der Waals surface area contributed by atoms with Gasteiger partial charge in [0.15, 0.2) is 0 Å². The number of piperidine rings is 1. The fourth-order valence-electron chi connectivity index (χ4n) is 3.15. The summed E-state index contributed by atoms with van der Waals surface area (Å²) in [6, 6.07) is 0.300. The number of cyclic esters (lactones) is 1. The van der Waals surface area contributed by atoms with E-state index in [2.05, 4.69) is 18.7 Å². The van der Waals surface area contributed by atoms with Gasteiger partial charge in [-0.25, -0.2) is 4.79 Å². The zero-order valence-electron chi connectivity index (χ0n) is 12.4. The van der Waals surface area contributed by atoms with Crippen LogP contribution in [-0.4, -0.2) is 54.7 Å².